The molecule has 0 atom stereocenters. The van der Waals surface area contributed by atoms with E-state index in [0.717, 1.165) is 6.54 Å². The van der Waals surface area contributed by atoms with Gasteiger partial charge in [-0.05, 0) is 55.6 Å². The molecule has 1 saturated carbocycles. The molecule has 1 aliphatic carbocycles. The van der Waals surface area contributed by atoms with Crippen molar-refractivity contribution >= 4 is 11.8 Å². The number of thioether (sulfide) groups is 1. The number of benzene rings is 1. The summed E-state index contributed by atoms with van der Waals surface area (Å²) in [7, 11) is 0. The van der Waals surface area contributed by atoms with E-state index in [1.165, 1.54) is 31.2 Å². The monoisotopic (exact) mass is 295 g/mol. The van der Waals surface area contributed by atoms with Crippen LogP contribution in [0.15, 0.2) is 24.3 Å². The molecule has 1 aromatic carbocycles. The third-order valence-corrected chi connectivity index (χ3v) is 6.50. The van der Waals surface area contributed by atoms with Gasteiger partial charge < -0.3 is 5.32 Å². The molecule has 1 nitrogen and oxygen atoms in total. The highest BCUT2D eigenvalue weighted by atomic mass is 32.2. The second kappa shape index (κ2) is 6.95. The third kappa shape index (κ3) is 3.56. The maximum Gasteiger partial charge on any atom is 0.123 e. The molecule has 0 radical (unpaired) electrons. The van der Waals surface area contributed by atoms with Crippen molar-refractivity contribution in [3.05, 3.63) is 35.6 Å². The van der Waals surface area contributed by atoms with E-state index in [2.05, 4.69) is 25.4 Å². The van der Waals surface area contributed by atoms with Crippen molar-refractivity contribution < 1.29 is 4.39 Å². The molecule has 0 bridgehead atoms. The van der Waals surface area contributed by atoms with Crippen molar-refractivity contribution in [3.63, 3.8) is 0 Å². The van der Waals surface area contributed by atoms with Crippen LogP contribution in [0.1, 0.15) is 51.0 Å². The molecule has 2 rings (SSSR count). The molecule has 0 aliphatic heterocycles. The molecule has 0 amide bonds. The minimum Gasteiger partial charge on any atom is -0.313 e. The smallest absolute Gasteiger partial charge is 0.123 e. The Morgan fingerprint density at radius 1 is 1.20 bits per heavy atom. The fourth-order valence-corrected chi connectivity index (χ4v) is 3.79. The summed E-state index contributed by atoms with van der Waals surface area (Å²) < 4.78 is 13.3. The lowest BCUT2D eigenvalue weighted by Crippen LogP contribution is -2.46. The highest BCUT2D eigenvalue weighted by Gasteiger charge is 2.32. The van der Waals surface area contributed by atoms with Gasteiger partial charge in [0.05, 0.1) is 0 Å². The molecule has 0 aromatic heterocycles. The van der Waals surface area contributed by atoms with Gasteiger partial charge in [0.2, 0.25) is 0 Å². The molecule has 0 spiro atoms. The fraction of sp³-hybridized carbons (Fsp3) is 0.647. The van der Waals surface area contributed by atoms with Crippen molar-refractivity contribution in [3.8, 4) is 0 Å². The van der Waals surface area contributed by atoms with Crippen LogP contribution < -0.4 is 5.32 Å². The summed E-state index contributed by atoms with van der Waals surface area (Å²) in [6, 6.07) is 7.64. The summed E-state index contributed by atoms with van der Waals surface area (Å²) in [4.78, 5) is 0. The summed E-state index contributed by atoms with van der Waals surface area (Å²) in [5.41, 5.74) is 1.28. The first-order valence-corrected chi connectivity index (χ1v) is 8.89. The van der Waals surface area contributed by atoms with Crippen LogP contribution in [0.3, 0.4) is 0 Å². The molecule has 3 heteroatoms. The Kier molecular flexibility index (Phi) is 5.50. The quantitative estimate of drug-likeness (QED) is 0.790. The van der Waals surface area contributed by atoms with Crippen molar-refractivity contribution in [2.75, 3.05) is 12.8 Å². The number of hydrogen-bond acceptors (Lipinski definition) is 2. The predicted molar refractivity (Wildman–Crippen MR) is 87.0 cm³/mol. The zero-order chi connectivity index (χ0) is 14.6. The molecule has 0 saturated heterocycles. The van der Waals surface area contributed by atoms with Crippen LogP contribution in [0.2, 0.25) is 0 Å². The Morgan fingerprint density at radius 2 is 1.80 bits per heavy atom. The molecule has 1 N–H and O–H groups in total. The van der Waals surface area contributed by atoms with Gasteiger partial charge in [0, 0.05) is 17.3 Å². The zero-order valence-corrected chi connectivity index (χ0v) is 13.6. The summed E-state index contributed by atoms with van der Waals surface area (Å²) in [6.45, 7) is 5.66. The van der Waals surface area contributed by atoms with E-state index < -0.39 is 0 Å². The van der Waals surface area contributed by atoms with Crippen LogP contribution in [-0.2, 0) is 0 Å². The molecule has 1 fully saturated rings. The number of hydrogen-bond donors (Lipinski definition) is 1. The molecule has 1 aliphatic rings. The highest BCUT2D eigenvalue weighted by molar-refractivity contribution is 8.00. The molecule has 20 heavy (non-hydrogen) atoms. The average molecular weight is 295 g/mol. The van der Waals surface area contributed by atoms with Crippen LogP contribution in [0.5, 0.6) is 0 Å². The first-order valence-electron chi connectivity index (χ1n) is 7.66. The number of rotatable bonds is 7. The van der Waals surface area contributed by atoms with E-state index in [-0.39, 0.29) is 5.82 Å². The normalized spacial score (nSPS) is 22.6. The van der Waals surface area contributed by atoms with Gasteiger partial charge in [-0.15, -0.1) is 0 Å². The lowest BCUT2D eigenvalue weighted by molar-refractivity contribution is 0.279. The molecular formula is C17H26FNS. The van der Waals surface area contributed by atoms with Gasteiger partial charge >= 0.3 is 0 Å². The van der Waals surface area contributed by atoms with Crippen molar-refractivity contribution in [1.82, 2.24) is 5.32 Å². The van der Waals surface area contributed by atoms with Crippen molar-refractivity contribution in [1.29, 1.82) is 0 Å². The van der Waals surface area contributed by atoms with E-state index in [1.807, 2.05) is 23.9 Å². The molecule has 112 valence electrons. The Bertz CT molecular complexity index is 399. The zero-order valence-electron chi connectivity index (χ0n) is 12.8. The number of halogens is 1. The average Bonchev–Trinajstić information content (AvgIpc) is 2.44. The van der Waals surface area contributed by atoms with Crippen LogP contribution in [0.4, 0.5) is 4.39 Å². The van der Waals surface area contributed by atoms with E-state index in [1.54, 1.807) is 12.1 Å². The topological polar surface area (TPSA) is 12.0 Å². The summed E-state index contributed by atoms with van der Waals surface area (Å²) in [5, 5.41) is 3.73. The van der Waals surface area contributed by atoms with Gasteiger partial charge in [-0.3, -0.25) is 0 Å². The Labute approximate surface area is 126 Å². The molecule has 1 aromatic rings. The van der Waals surface area contributed by atoms with Crippen molar-refractivity contribution in [2.24, 2.45) is 0 Å². The molecule has 0 unspecified atom stereocenters. The minimum absolute atomic E-state index is 0.140. The first kappa shape index (κ1) is 15.8. The van der Waals surface area contributed by atoms with Crippen LogP contribution >= 0.6 is 11.8 Å². The molecule has 0 heterocycles. The summed E-state index contributed by atoms with van der Waals surface area (Å²) >= 11 is 1.99. The van der Waals surface area contributed by atoms with Gasteiger partial charge in [-0.1, -0.05) is 26.0 Å². The Balaban J connectivity index is 1.78. The second-order valence-corrected chi connectivity index (χ2v) is 7.17. The van der Waals surface area contributed by atoms with Crippen LogP contribution in [-0.4, -0.2) is 23.6 Å². The maximum atomic E-state index is 12.9. The lowest BCUT2D eigenvalue weighted by atomic mass is 9.75. The van der Waals surface area contributed by atoms with Gasteiger partial charge in [-0.2, -0.15) is 11.8 Å². The number of nitrogens with one attached hydrogen (secondary N) is 1. The van der Waals surface area contributed by atoms with Gasteiger partial charge in [0.15, 0.2) is 0 Å². The van der Waals surface area contributed by atoms with Crippen molar-refractivity contribution in [2.45, 2.75) is 56.2 Å². The van der Waals surface area contributed by atoms with Gasteiger partial charge in [0.25, 0.3) is 0 Å². The predicted octanol–water partition coefficient (Wildman–Crippen LogP) is 4.58. The van der Waals surface area contributed by atoms with E-state index in [4.69, 9.17) is 0 Å². The lowest BCUT2D eigenvalue weighted by Gasteiger charge is -2.39. The first-order chi connectivity index (χ1) is 9.62. The summed E-state index contributed by atoms with van der Waals surface area (Å²) in [5.74, 6) is 0.471. The highest BCUT2D eigenvalue weighted by Crippen LogP contribution is 2.38. The second-order valence-electron chi connectivity index (χ2n) is 5.89. The standard InChI is InChI=1S/C17H26FNS/c1-4-17(5-2,20-3)12-19-16-10-14(11-16)13-6-8-15(18)9-7-13/h6-9,14,16,19H,4-5,10-12H2,1-3H3. The van der Waals surface area contributed by atoms with E-state index in [9.17, 15) is 4.39 Å². The SMILES string of the molecule is CCC(CC)(CNC1CC(c2ccc(F)cc2)C1)SC. The van der Waals surface area contributed by atoms with E-state index in [0.29, 0.717) is 16.7 Å². The van der Waals surface area contributed by atoms with E-state index >= 15 is 0 Å². The third-order valence-electron chi connectivity index (χ3n) is 4.91. The van der Waals surface area contributed by atoms with Gasteiger partial charge in [0.1, 0.15) is 5.82 Å². The largest absolute Gasteiger partial charge is 0.313 e. The van der Waals surface area contributed by atoms with Gasteiger partial charge in [-0.25, -0.2) is 4.39 Å². The Hall–Kier alpha value is -0.540. The van der Waals surface area contributed by atoms with Crippen LogP contribution in [0, 0.1) is 5.82 Å². The fourth-order valence-electron chi connectivity index (χ4n) is 2.98. The van der Waals surface area contributed by atoms with Crippen LogP contribution in [0.25, 0.3) is 0 Å². The summed E-state index contributed by atoms with van der Waals surface area (Å²) in [6.07, 6.45) is 7.02. The maximum absolute atomic E-state index is 12.9. The Morgan fingerprint density at radius 3 is 2.30 bits per heavy atom. The minimum atomic E-state index is -0.140. The molecular weight excluding hydrogens is 269 g/mol.